The topological polar surface area (TPSA) is 29.1 Å². The zero-order valence-corrected chi connectivity index (χ0v) is 12.1. The number of carbonyl (C=O) groups is 1. The van der Waals surface area contributed by atoms with E-state index in [9.17, 15) is 4.79 Å². The first-order chi connectivity index (χ1) is 9.70. The maximum absolute atomic E-state index is 12.3. The average molecular weight is 267 g/mol. The molecule has 0 fully saturated rings. The van der Waals surface area contributed by atoms with E-state index in [-0.39, 0.29) is 11.9 Å². The Balaban J connectivity index is 2.03. The Morgan fingerprint density at radius 2 is 1.70 bits per heavy atom. The quantitative estimate of drug-likeness (QED) is 0.878. The monoisotopic (exact) mass is 267 g/mol. The molecule has 1 amide bonds. The Bertz CT molecular complexity index is 563. The van der Waals surface area contributed by atoms with Crippen LogP contribution in [0.25, 0.3) is 0 Å². The first kappa shape index (κ1) is 14.3. The summed E-state index contributed by atoms with van der Waals surface area (Å²) in [6.45, 7) is 4.07. The lowest BCUT2D eigenvalue weighted by Crippen LogP contribution is -2.36. The minimum Gasteiger partial charge on any atom is -0.349 e. The van der Waals surface area contributed by atoms with E-state index in [1.165, 1.54) is 5.56 Å². The lowest BCUT2D eigenvalue weighted by Gasteiger charge is -2.18. The molecule has 0 aliphatic rings. The van der Waals surface area contributed by atoms with E-state index < -0.39 is 0 Å². The molecule has 0 aliphatic carbocycles. The van der Waals surface area contributed by atoms with Crippen molar-refractivity contribution >= 4 is 5.91 Å². The predicted molar refractivity (Wildman–Crippen MR) is 82.9 cm³/mol. The summed E-state index contributed by atoms with van der Waals surface area (Å²) in [5.74, 6) is 0.0193. The molecule has 2 aromatic rings. The van der Waals surface area contributed by atoms with Crippen molar-refractivity contribution in [3.63, 3.8) is 0 Å². The van der Waals surface area contributed by atoms with Gasteiger partial charge in [0.25, 0.3) is 5.91 Å². The molecule has 1 N–H and O–H groups in total. The second-order valence-electron chi connectivity index (χ2n) is 5.08. The fourth-order valence-electron chi connectivity index (χ4n) is 2.29. The summed E-state index contributed by atoms with van der Waals surface area (Å²) >= 11 is 0. The minimum absolute atomic E-state index is 0.0193. The van der Waals surface area contributed by atoms with Gasteiger partial charge in [0, 0.05) is 11.6 Å². The molecule has 104 valence electrons. The minimum atomic E-state index is 0.0193. The molecular weight excluding hydrogens is 246 g/mol. The van der Waals surface area contributed by atoms with Crippen molar-refractivity contribution in [3.8, 4) is 0 Å². The maximum atomic E-state index is 12.3. The van der Waals surface area contributed by atoms with E-state index >= 15 is 0 Å². The van der Waals surface area contributed by atoms with Gasteiger partial charge in [-0.15, -0.1) is 0 Å². The Kier molecular flexibility index (Phi) is 4.94. The van der Waals surface area contributed by atoms with Crippen molar-refractivity contribution in [1.82, 2.24) is 5.32 Å². The number of hydrogen-bond donors (Lipinski definition) is 1. The smallest absolute Gasteiger partial charge is 0.251 e. The molecule has 1 unspecified atom stereocenters. The van der Waals surface area contributed by atoms with Crippen molar-refractivity contribution in [2.45, 2.75) is 32.7 Å². The van der Waals surface area contributed by atoms with Gasteiger partial charge in [-0.3, -0.25) is 4.79 Å². The number of benzene rings is 2. The normalized spacial score (nSPS) is 11.9. The molecule has 2 nitrogen and oxygen atoms in total. The number of carbonyl (C=O) groups excluding carboxylic acids is 1. The average Bonchev–Trinajstić information content (AvgIpc) is 2.48. The Labute approximate surface area is 120 Å². The van der Waals surface area contributed by atoms with Crippen LogP contribution in [0.2, 0.25) is 0 Å². The molecule has 0 bridgehead atoms. The lowest BCUT2D eigenvalue weighted by molar-refractivity contribution is 0.0935. The molecule has 0 radical (unpaired) electrons. The van der Waals surface area contributed by atoms with Gasteiger partial charge >= 0.3 is 0 Å². The van der Waals surface area contributed by atoms with Crippen LogP contribution in [0.3, 0.4) is 0 Å². The highest BCUT2D eigenvalue weighted by Crippen LogP contribution is 2.10. The van der Waals surface area contributed by atoms with Crippen LogP contribution in [0, 0.1) is 6.92 Å². The SMILES string of the molecule is CCC(Cc1ccccc1)NC(=O)c1ccccc1C. The number of nitrogens with one attached hydrogen (secondary N) is 1. The van der Waals surface area contributed by atoms with Crippen LogP contribution in [-0.4, -0.2) is 11.9 Å². The molecule has 20 heavy (non-hydrogen) atoms. The Morgan fingerprint density at radius 3 is 2.35 bits per heavy atom. The number of hydrogen-bond acceptors (Lipinski definition) is 1. The maximum Gasteiger partial charge on any atom is 0.251 e. The summed E-state index contributed by atoms with van der Waals surface area (Å²) in [4.78, 5) is 12.3. The number of amides is 1. The van der Waals surface area contributed by atoms with Crippen LogP contribution in [-0.2, 0) is 6.42 Å². The standard InChI is InChI=1S/C18H21NO/c1-3-16(13-15-10-5-4-6-11-15)19-18(20)17-12-8-7-9-14(17)2/h4-12,16H,3,13H2,1-2H3,(H,19,20). The van der Waals surface area contributed by atoms with E-state index in [1.807, 2.05) is 49.4 Å². The van der Waals surface area contributed by atoms with Crippen LogP contribution in [0.15, 0.2) is 54.6 Å². The third-order valence-corrected chi connectivity index (χ3v) is 3.54. The number of rotatable bonds is 5. The van der Waals surface area contributed by atoms with Gasteiger partial charge in [-0.05, 0) is 37.0 Å². The molecule has 2 aromatic carbocycles. The van der Waals surface area contributed by atoms with Gasteiger partial charge in [0.05, 0.1) is 0 Å². The zero-order valence-electron chi connectivity index (χ0n) is 12.1. The van der Waals surface area contributed by atoms with Gasteiger partial charge in [0.1, 0.15) is 0 Å². The van der Waals surface area contributed by atoms with E-state index in [2.05, 4.69) is 24.4 Å². The van der Waals surface area contributed by atoms with Crippen molar-refractivity contribution in [2.24, 2.45) is 0 Å². The molecule has 0 spiro atoms. The van der Waals surface area contributed by atoms with Gasteiger partial charge < -0.3 is 5.32 Å². The van der Waals surface area contributed by atoms with Gasteiger partial charge in [0.15, 0.2) is 0 Å². The molecule has 0 saturated heterocycles. The summed E-state index contributed by atoms with van der Waals surface area (Å²) in [7, 11) is 0. The highest BCUT2D eigenvalue weighted by atomic mass is 16.1. The van der Waals surface area contributed by atoms with Crippen LogP contribution in [0.1, 0.15) is 34.8 Å². The zero-order chi connectivity index (χ0) is 14.4. The van der Waals surface area contributed by atoms with Crippen molar-refractivity contribution < 1.29 is 4.79 Å². The summed E-state index contributed by atoms with van der Waals surface area (Å²) in [5.41, 5.74) is 3.03. The first-order valence-electron chi connectivity index (χ1n) is 7.11. The predicted octanol–water partition coefficient (Wildman–Crippen LogP) is 3.75. The van der Waals surface area contributed by atoms with Crippen LogP contribution in [0.4, 0.5) is 0 Å². The van der Waals surface area contributed by atoms with Crippen LogP contribution >= 0.6 is 0 Å². The number of aryl methyl sites for hydroxylation is 1. The van der Waals surface area contributed by atoms with Crippen LogP contribution < -0.4 is 5.32 Å². The van der Waals surface area contributed by atoms with Crippen molar-refractivity contribution in [1.29, 1.82) is 0 Å². The third kappa shape index (κ3) is 3.70. The third-order valence-electron chi connectivity index (χ3n) is 3.54. The molecule has 0 aliphatic heterocycles. The summed E-state index contributed by atoms with van der Waals surface area (Å²) in [5, 5.41) is 3.13. The summed E-state index contributed by atoms with van der Waals surface area (Å²) < 4.78 is 0. The fourth-order valence-corrected chi connectivity index (χ4v) is 2.29. The molecule has 2 heteroatoms. The fraction of sp³-hybridized carbons (Fsp3) is 0.278. The Hall–Kier alpha value is -2.09. The summed E-state index contributed by atoms with van der Waals surface area (Å²) in [6.07, 6.45) is 1.79. The molecular formula is C18H21NO. The van der Waals surface area contributed by atoms with Gasteiger partial charge in [-0.25, -0.2) is 0 Å². The van der Waals surface area contributed by atoms with E-state index in [0.717, 1.165) is 24.0 Å². The van der Waals surface area contributed by atoms with E-state index in [0.29, 0.717) is 0 Å². The second-order valence-corrected chi connectivity index (χ2v) is 5.08. The van der Waals surface area contributed by atoms with Gasteiger partial charge in [-0.2, -0.15) is 0 Å². The second kappa shape index (κ2) is 6.90. The molecule has 2 rings (SSSR count). The molecule has 0 heterocycles. The molecule has 0 saturated carbocycles. The highest BCUT2D eigenvalue weighted by molar-refractivity contribution is 5.95. The molecule has 0 aromatic heterocycles. The van der Waals surface area contributed by atoms with E-state index in [4.69, 9.17) is 0 Å². The van der Waals surface area contributed by atoms with Crippen molar-refractivity contribution in [2.75, 3.05) is 0 Å². The van der Waals surface area contributed by atoms with E-state index in [1.54, 1.807) is 0 Å². The lowest BCUT2D eigenvalue weighted by atomic mass is 10.0. The highest BCUT2D eigenvalue weighted by Gasteiger charge is 2.13. The largest absolute Gasteiger partial charge is 0.349 e. The first-order valence-corrected chi connectivity index (χ1v) is 7.11. The van der Waals surface area contributed by atoms with Gasteiger partial charge in [0.2, 0.25) is 0 Å². The molecule has 1 atom stereocenters. The van der Waals surface area contributed by atoms with Crippen LogP contribution in [0.5, 0.6) is 0 Å². The Morgan fingerprint density at radius 1 is 1.05 bits per heavy atom. The summed E-state index contributed by atoms with van der Waals surface area (Å²) in [6, 6.07) is 18.1. The van der Waals surface area contributed by atoms with Crippen molar-refractivity contribution in [3.05, 3.63) is 71.3 Å². The van der Waals surface area contributed by atoms with Gasteiger partial charge in [-0.1, -0.05) is 55.5 Å².